The van der Waals surface area contributed by atoms with Gasteiger partial charge in [0.25, 0.3) is 0 Å². The Kier molecular flexibility index (Phi) is 4.59. The molecule has 112 valence electrons. The maximum absolute atomic E-state index is 11.9. The zero-order valence-corrected chi connectivity index (χ0v) is 12.0. The van der Waals surface area contributed by atoms with Crippen LogP contribution in [0, 0.1) is 0 Å². The highest BCUT2D eigenvalue weighted by Gasteiger charge is 2.38. The van der Waals surface area contributed by atoms with Gasteiger partial charge in [0, 0.05) is 32.8 Å². The van der Waals surface area contributed by atoms with Crippen molar-refractivity contribution in [2.45, 2.75) is 25.8 Å². The van der Waals surface area contributed by atoms with Crippen molar-refractivity contribution in [2.24, 2.45) is 0 Å². The topological polar surface area (TPSA) is 70.2 Å². The zero-order valence-electron chi connectivity index (χ0n) is 12.0. The molecule has 2 heterocycles. The van der Waals surface area contributed by atoms with Crippen molar-refractivity contribution < 1.29 is 19.1 Å². The van der Waals surface area contributed by atoms with Crippen LogP contribution in [-0.4, -0.2) is 78.5 Å². The van der Waals surface area contributed by atoms with Gasteiger partial charge in [-0.2, -0.15) is 0 Å². The molecule has 0 radical (unpaired) electrons. The summed E-state index contributed by atoms with van der Waals surface area (Å²) in [6.45, 7) is 3.87. The molecule has 2 saturated heterocycles. The summed E-state index contributed by atoms with van der Waals surface area (Å²) in [5, 5.41) is 0. The van der Waals surface area contributed by atoms with Crippen LogP contribution in [0.2, 0.25) is 0 Å². The van der Waals surface area contributed by atoms with Gasteiger partial charge in [0.15, 0.2) is 0 Å². The average molecular weight is 283 g/mol. The molecule has 0 aromatic rings. The molecule has 0 atom stereocenters. The number of rotatable bonds is 4. The van der Waals surface area contributed by atoms with E-state index in [4.69, 9.17) is 4.74 Å². The van der Waals surface area contributed by atoms with Crippen LogP contribution in [0.5, 0.6) is 0 Å². The predicted molar refractivity (Wildman–Crippen MR) is 71.0 cm³/mol. The van der Waals surface area contributed by atoms with E-state index in [0.29, 0.717) is 32.5 Å². The van der Waals surface area contributed by atoms with E-state index >= 15 is 0 Å². The Labute approximate surface area is 118 Å². The number of nitrogens with zero attached hydrogens (tertiary/aromatic N) is 3. The van der Waals surface area contributed by atoms with Crippen molar-refractivity contribution >= 4 is 17.8 Å². The van der Waals surface area contributed by atoms with Gasteiger partial charge in [0.05, 0.1) is 0 Å². The normalized spacial score (nSPS) is 21.0. The second-order valence-electron chi connectivity index (χ2n) is 5.11. The van der Waals surface area contributed by atoms with Crippen molar-refractivity contribution in [3.8, 4) is 0 Å². The average Bonchev–Trinajstić information content (AvgIpc) is 2.72. The highest BCUT2D eigenvalue weighted by molar-refractivity contribution is 6.01. The Bertz CT molecular complexity index is 404. The number of piperidine rings is 1. The Balaban J connectivity index is 1.84. The number of urea groups is 1. The maximum Gasteiger partial charge on any atom is 0.327 e. The van der Waals surface area contributed by atoms with Crippen LogP contribution in [0.4, 0.5) is 4.79 Å². The molecule has 2 rings (SSSR count). The van der Waals surface area contributed by atoms with E-state index in [1.165, 1.54) is 7.05 Å². The minimum atomic E-state index is -0.228. The minimum Gasteiger partial charge on any atom is -0.372 e. The van der Waals surface area contributed by atoms with Gasteiger partial charge >= 0.3 is 6.03 Å². The molecule has 0 N–H and O–H groups in total. The summed E-state index contributed by atoms with van der Waals surface area (Å²) < 4.78 is 5.11. The van der Waals surface area contributed by atoms with Crippen molar-refractivity contribution in [1.82, 2.24) is 14.7 Å². The van der Waals surface area contributed by atoms with E-state index in [9.17, 15) is 14.4 Å². The van der Waals surface area contributed by atoms with Gasteiger partial charge in [-0.05, 0) is 19.8 Å². The molecule has 2 aliphatic rings. The van der Waals surface area contributed by atoms with Gasteiger partial charge in [-0.3, -0.25) is 14.5 Å². The molecule has 7 heteroatoms. The van der Waals surface area contributed by atoms with E-state index in [1.54, 1.807) is 9.80 Å². The fraction of sp³-hybridized carbons (Fsp3) is 0.769. The van der Waals surface area contributed by atoms with Crippen molar-refractivity contribution in [1.29, 1.82) is 0 Å². The van der Waals surface area contributed by atoms with Crippen LogP contribution in [0.15, 0.2) is 0 Å². The molecule has 0 saturated carbocycles. The molecule has 2 aliphatic heterocycles. The van der Waals surface area contributed by atoms with Crippen molar-refractivity contribution in [2.75, 3.05) is 39.9 Å². The smallest absolute Gasteiger partial charge is 0.327 e. The number of likely N-dealkylation sites (tertiary alicyclic amines) is 1. The van der Waals surface area contributed by atoms with Gasteiger partial charge in [0.1, 0.15) is 13.2 Å². The Hall–Kier alpha value is -1.63. The van der Waals surface area contributed by atoms with Crippen LogP contribution < -0.4 is 0 Å². The van der Waals surface area contributed by atoms with E-state index < -0.39 is 0 Å². The highest BCUT2D eigenvalue weighted by Crippen LogP contribution is 2.21. The third-order valence-electron chi connectivity index (χ3n) is 3.90. The van der Waals surface area contributed by atoms with Crippen molar-refractivity contribution in [3.05, 3.63) is 0 Å². The summed E-state index contributed by atoms with van der Waals surface area (Å²) in [6, 6.07) is -0.179. The third-order valence-corrected chi connectivity index (χ3v) is 3.90. The molecule has 0 aliphatic carbocycles. The first-order chi connectivity index (χ1) is 9.54. The lowest BCUT2D eigenvalue weighted by Crippen LogP contribution is -2.48. The number of ether oxygens (including phenoxy) is 1. The SMILES string of the molecule is CCOCC(=O)N1CCC(N2CC(=O)N(C)C2=O)CC1. The third kappa shape index (κ3) is 2.92. The lowest BCUT2D eigenvalue weighted by molar-refractivity contribution is -0.137. The lowest BCUT2D eigenvalue weighted by Gasteiger charge is -2.36. The Morgan fingerprint density at radius 1 is 1.30 bits per heavy atom. The summed E-state index contributed by atoms with van der Waals surface area (Å²) in [5.74, 6) is -0.170. The molecule has 7 nitrogen and oxygen atoms in total. The van der Waals surface area contributed by atoms with Crippen LogP contribution in [0.3, 0.4) is 0 Å². The van der Waals surface area contributed by atoms with E-state index in [1.807, 2.05) is 6.92 Å². The highest BCUT2D eigenvalue weighted by atomic mass is 16.5. The standard InChI is InChI=1S/C13H21N3O4/c1-3-20-9-12(18)15-6-4-10(5-7-15)16-8-11(17)14(2)13(16)19/h10H,3-9H2,1-2H3. The molecule has 0 spiro atoms. The largest absolute Gasteiger partial charge is 0.372 e. The maximum atomic E-state index is 11.9. The quantitative estimate of drug-likeness (QED) is 0.676. The number of carbonyl (C=O) groups excluding carboxylic acids is 3. The molecule has 0 unspecified atom stereocenters. The van der Waals surface area contributed by atoms with E-state index in [-0.39, 0.29) is 37.0 Å². The zero-order chi connectivity index (χ0) is 14.7. The minimum absolute atomic E-state index is 0.00811. The molecule has 2 fully saturated rings. The second kappa shape index (κ2) is 6.21. The molecule has 0 aromatic carbocycles. The van der Waals surface area contributed by atoms with E-state index in [2.05, 4.69) is 0 Å². The number of carbonyl (C=O) groups is 3. The second-order valence-corrected chi connectivity index (χ2v) is 5.11. The first-order valence-electron chi connectivity index (χ1n) is 6.97. The van der Waals surface area contributed by atoms with Crippen LogP contribution in [0.1, 0.15) is 19.8 Å². The molecule has 0 bridgehead atoms. The van der Waals surface area contributed by atoms with Gasteiger partial charge in [-0.15, -0.1) is 0 Å². The van der Waals surface area contributed by atoms with Crippen LogP contribution >= 0.6 is 0 Å². The fourth-order valence-corrected chi connectivity index (χ4v) is 2.61. The summed E-state index contributed by atoms with van der Waals surface area (Å²) in [4.78, 5) is 39.8. The summed E-state index contributed by atoms with van der Waals surface area (Å²) >= 11 is 0. The Morgan fingerprint density at radius 3 is 2.45 bits per heavy atom. The number of hydrogen-bond acceptors (Lipinski definition) is 4. The predicted octanol–water partition coefficient (Wildman–Crippen LogP) is -0.0921. The number of likely N-dealkylation sites (N-methyl/N-ethyl adjacent to an activating group) is 1. The first-order valence-corrected chi connectivity index (χ1v) is 6.97. The molecule has 4 amide bonds. The molecular formula is C13H21N3O4. The lowest BCUT2D eigenvalue weighted by atomic mass is 10.0. The monoisotopic (exact) mass is 283 g/mol. The number of hydrogen-bond donors (Lipinski definition) is 0. The van der Waals surface area contributed by atoms with Gasteiger partial charge in [-0.1, -0.05) is 0 Å². The Morgan fingerprint density at radius 2 is 1.95 bits per heavy atom. The van der Waals surface area contributed by atoms with Crippen molar-refractivity contribution in [3.63, 3.8) is 0 Å². The molecular weight excluding hydrogens is 262 g/mol. The van der Waals surface area contributed by atoms with Gasteiger partial charge in [0.2, 0.25) is 11.8 Å². The van der Waals surface area contributed by atoms with Gasteiger partial charge in [-0.25, -0.2) is 4.79 Å². The summed E-state index contributed by atoms with van der Waals surface area (Å²) in [7, 11) is 1.51. The molecule has 0 aromatic heterocycles. The van der Waals surface area contributed by atoms with Gasteiger partial charge < -0.3 is 14.5 Å². The number of imide groups is 1. The molecule has 20 heavy (non-hydrogen) atoms. The van der Waals surface area contributed by atoms with Crippen LogP contribution in [0.25, 0.3) is 0 Å². The summed E-state index contributed by atoms with van der Waals surface area (Å²) in [5.41, 5.74) is 0. The van der Waals surface area contributed by atoms with E-state index in [0.717, 1.165) is 4.90 Å². The summed E-state index contributed by atoms with van der Waals surface area (Å²) in [6.07, 6.45) is 1.43. The fourth-order valence-electron chi connectivity index (χ4n) is 2.61. The van der Waals surface area contributed by atoms with Crippen LogP contribution in [-0.2, 0) is 14.3 Å². The number of amides is 4. The first kappa shape index (κ1) is 14.8.